The number of rotatable bonds is 3. The molecule has 0 saturated carbocycles. The lowest BCUT2D eigenvalue weighted by Gasteiger charge is -2.07. The fraction of sp³-hybridized carbons (Fsp3) is 0.0435. The van der Waals surface area contributed by atoms with Crippen LogP contribution in [0.25, 0.3) is 55.2 Å². The molecule has 0 saturated heterocycles. The van der Waals surface area contributed by atoms with Crippen molar-refractivity contribution in [1.82, 2.24) is 30.1 Å². The summed E-state index contributed by atoms with van der Waals surface area (Å²) in [6.07, 6.45) is 5.13. The minimum absolute atomic E-state index is 0.329. The fourth-order valence-electron chi connectivity index (χ4n) is 3.83. The first kappa shape index (κ1) is 17.9. The molecule has 0 bridgehead atoms. The monoisotopic (exact) mass is 426 g/mol. The molecule has 0 spiro atoms. The number of fused-ring (bicyclic) bond motifs is 2. The second-order valence-electron chi connectivity index (χ2n) is 7.26. The maximum Gasteiger partial charge on any atom is 0.178 e. The lowest BCUT2D eigenvalue weighted by molar-refractivity contribution is 0.632. The number of H-pyrrole nitrogens is 2. The first-order valence-electron chi connectivity index (χ1n) is 9.66. The van der Waals surface area contributed by atoms with E-state index in [4.69, 9.17) is 0 Å². The zero-order valence-corrected chi connectivity index (χ0v) is 17.2. The topological polar surface area (TPSA) is 83.1 Å². The number of benzene rings is 1. The van der Waals surface area contributed by atoms with Gasteiger partial charge in [-0.05, 0) is 42.1 Å². The quantitative estimate of drug-likeness (QED) is 0.378. The lowest BCUT2D eigenvalue weighted by atomic mass is 10.0. The van der Waals surface area contributed by atoms with Gasteiger partial charge in [-0.3, -0.25) is 10.1 Å². The number of halogens is 1. The normalized spacial score (nSPS) is 11.5. The highest BCUT2D eigenvalue weighted by molar-refractivity contribution is 7.13. The molecule has 0 aliphatic rings. The van der Waals surface area contributed by atoms with E-state index < -0.39 is 0 Å². The van der Waals surface area contributed by atoms with E-state index in [1.165, 1.54) is 6.07 Å². The lowest BCUT2D eigenvalue weighted by Crippen LogP contribution is -1.90. The summed E-state index contributed by atoms with van der Waals surface area (Å²) >= 11 is 1.66. The molecule has 31 heavy (non-hydrogen) atoms. The van der Waals surface area contributed by atoms with Gasteiger partial charge in [-0.1, -0.05) is 6.07 Å². The third-order valence-electron chi connectivity index (χ3n) is 5.38. The highest BCUT2D eigenvalue weighted by Crippen LogP contribution is 2.35. The summed E-state index contributed by atoms with van der Waals surface area (Å²) in [5.74, 6) is 0.253. The molecule has 2 N–H and O–H groups in total. The molecule has 8 heteroatoms. The van der Waals surface area contributed by atoms with Gasteiger partial charge in [0.1, 0.15) is 11.5 Å². The molecule has 6 nitrogen and oxygen atoms in total. The van der Waals surface area contributed by atoms with Gasteiger partial charge in [-0.15, -0.1) is 11.3 Å². The van der Waals surface area contributed by atoms with Crippen molar-refractivity contribution in [2.45, 2.75) is 6.92 Å². The van der Waals surface area contributed by atoms with Gasteiger partial charge in [0.05, 0.1) is 11.0 Å². The van der Waals surface area contributed by atoms with E-state index in [-0.39, 0.29) is 5.82 Å². The number of hydrogen-bond acceptors (Lipinski definition) is 5. The average molecular weight is 426 g/mol. The number of nitrogens with one attached hydrogen (secondary N) is 2. The van der Waals surface area contributed by atoms with E-state index in [2.05, 4.69) is 36.2 Å². The van der Waals surface area contributed by atoms with Gasteiger partial charge < -0.3 is 4.98 Å². The van der Waals surface area contributed by atoms with Crippen molar-refractivity contribution < 1.29 is 4.39 Å². The van der Waals surface area contributed by atoms with Crippen LogP contribution in [0.3, 0.4) is 0 Å². The molecule has 0 aliphatic carbocycles. The molecule has 0 fully saturated rings. The Hall–Kier alpha value is -3.91. The first-order chi connectivity index (χ1) is 15.2. The fourth-order valence-corrected chi connectivity index (χ4v) is 4.59. The van der Waals surface area contributed by atoms with Crippen LogP contribution in [0.15, 0.2) is 60.4 Å². The Labute approximate surface area is 179 Å². The van der Waals surface area contributed by atoms with Crippen LogP contribution in [-0.2, 0) is 0 Å². The number of hydrogen-bond donors (Lipinski definition) is 2. The summed E-state index contributed by atoms with van der Waals surface area (Å²) in [6, 6.07) is 11.2. The third kappa shape index (κ3) is 2.83. The van der Waals surface area contributed by atoms with Crippen LogP contribution in [-0.4, -0.2) is 30.1 Å². The van der Waals surface area contributed by atoms with Crippen molar-refractivity contribution in [3.63, 3.8) is 0 Å². The van der Waals surface area contributed by atoms with Crippen LogP contribution >= 0.6 is 11.3 Å². The van der Waals surface area contributed by atoms with Crippen LogP contribution in [0, 0.1) is 12.7 Å². The summed E-state index contributed by atoms with van der Waals surface area (Å²) in [4.78, 5) is 17.7. The van der Waals surface area contributed by atoms with E-state index in [1.807, 2.05) is 30.5 Å². The summed E-state index contributed by atoms with van der Waals surface area (Å²) in [7, 11) is 0. The standard InChI is InChI=1S/C23H15FN6S/c1-12-4-6-25-11-16(12)14-9-15-18(10-17(14)24)29-30-21(15)23-27-20-13(19-3-2-8-31-19)5-7-26-22(20)28-23/h2-11H,1H3,(H,29,30)(H,26,27,28). The maximum absolute atomic E-state index is 14.9. The number of thiophene rings is 1. The number of aromatic amines is 2. The molecule has 1 aromatic carbocycles. The van der Waals surface area contributed by atoms with Crippen LogP contribution in [0.5, 0.6) is 0 Å². The SMILES string of the molecule is Cc1ccncc1-c1cc2c(-c3nc4nccc(-c5cccs5)c4[nH]3)n[nH]c2cc1F. The maximum atomic E-state index is 14.9. The van der Waals surface area contributed by atoms with Crippen LogP contribution in [0.1, 0.15) is 5.56 Å². The van der Waals surface area contributed by atoms with Crippen molar-refractivity contribution in [3.05, 3.63) is 71.7 Å². The second-order valence-corrected chi connectivity index (χ2v) is 8.21. The number of pyridine rings is 2. The summed E-state index contributed by atoms with van der Waals surface area (Å²) in [5, 5.41) is 10.2. The molecule has 0 aliphatic heterocycles. The van der Waals surface area contributed by atoms with E-state index in [0.717, 1.165) is 32.5 Å². The Morgan fingerprint density at radius 3 is 2.81 bits per heavy atom. The zero-order chi connectivity index (χ0) is 20.9. The predicted octanol–water partition coefficient (Wildman–Crippen LogP) is 5.74. The largest absolute Gasteiger partial charge is 0.335 e. The van der Waals surface area contributed by atoms with Crippen LogP contribution < -0.4 is 0 Å². The predicted molar refractivity (Wildman–Crippen MR) is 120 cm³/mol. The van der Waals surface area contributed by atoms with Crippen molar-refractivity contribution >= 4 is 33.4 Å². The van der Waals surface area contributed by atoms with E-state index in [1.54, 1.807) is 36.0 Å². The molecule has 0 radical (unpaired) electrons. The number of nitrogens with zero attached hydrogens (tertiary/aromatic N) is 4. The van der Waals surface area contributed by atoms with E-state index in [9.17, 15) is 4.39 Å². The van der Waals surface area contributed by atoms with Crippen molar-refractivity contribution in [1.29, 1.82) is 0 Å². The summed E-state index contributed by atoms with van der Waals surface area (Å²) in [5.41, 5.74) is 5.90. The Morgan fingerprint density at radius 1 is 1.03 bits per heavy atom. The third-order valence-corrected chi connectivity index (χ3v) is 6.29. The minimum atomic E-state index is -0.329. The molecule has 5 aromatic heterocycles. The van der Waals surface area contributed by atoms with Crippen LogP contribution in [0.4, 0.5) is 4.39 Å². The summed E-state index contributed by atoms with van der Waals surface area (Å²) < 4.78 is 14.9. The number of aromatic nitrogens is 6. The molecule has 0 atom stereocenters. The smallest absolute Gasteiger partial charge is 0.178 e. The molecule has 0 amide bonds. The highest BCUT2D eigenvalue weighted by atomic mass is 32.1. The molecular formula is C23H15FN6S. The number of aryl methyl sites for hydroxylation is 1. The Morgan fingerprint density at radius 2 is 1.97 bits per heavy atom. The summed E-state index contributed by atoms with van der Waals surface area (Å²) in [6.45, 7) is 1.94. The van der Waals surface area contributed by atoms with Gasteiger partial charge in [0.25, 0.3) is 0 Å². The van der Waals surface area contributed by atoms with Crippen LogP contribution in [0.2, 0.25) is 0 Å². The van der Waals surface area contributed by atoms with Gasteiger partial charge in [0, 0.05) is 51.6 Å². The minimum Gasteiger partial charge on any atom is -0.335 e. The molecular weight excluding hydrogens is 411 g/mol. The Bertz CT molecular complexity index is 1560. The first-order valence-corrected chi connectivity index (χ1v) is 10.5. The Balaban J connectivity index is 1.56. The van der Waals surface area contributed by atoms with Gasteiger partial charge in [-0.2, -0.15) is 5.10 Å². The van der Waals surface area contributed by atoms with Gasteiger partial charge in [-0.25, -0.2) is 14.4 Å². The highest BCUT2D eigenvalue weighted by Gasteiger charge is 2.18. The van der Waals surface area contributed by atoms with Gasteiger partial charge >= 0.3 is 0 Å². The van der Waals surface area contributed by atoms with E-state index in [0.29, 0.717) is 28.2 Å². The molecule has 6 aromatic rings. The van der Waals surface area contributed by atoms with Gasteiger partial charge in [0.2, 0.25) is 0 Å². The van der Waals surface area contributed by atoms with E-state index >= 15 is 0 Å². The van der Waals surface area contributed by atoms with Crippen molar-refractivity contribution in [2.24, 2.45) is 0 Å². The molecule has 150 valence electrons. The molecule has 5 heterocycles. The van der Waals surface area contributed by atoms with Gasteiger partial charge in [0.15, 0.2) is 11.5 Å². The van der Waals surface area contributed by atoms with Crippen molar-refractivity contribution in [2.75, 3.05) is 0 Å². The average Bonchev–Trinajstić information content (AvgIpc) is 3.52. The zero-order valence-electron chi connectivity index (χ0n) is 16.3. The molecule has 0 unspecified atom stereocenters. The second kappa shape index (κ2) is 6.82. The number of imidazole rings is 1. The molecule has 6 rings (SSSR count). The van der Waals surface area contributed by atoms with Crippen molar-refractivity contribution in [3.8, 4) is 33.1 Å². The Kier molecular flexibility index (Phi) is 3.94.